The third kappa shape index (κ3) is 4.35. The minimum Gasteiger partial charge on any atom is -0.345 e. The SMILES string of the molecule is CC(C)N(C(=O)CN1C=CC(=CN=O)C=C1)C(C)C. The molecule has 0 saturated heterocycles. The molecule has 0 aromatic heterocycles. The van der Waals surface area contributed by atoms with E-state index in [1.165, 1.54) is 6.20 Å². The summed E-state index contributed by atoms with van der Waals surface area (Å²) in [4.78, 5) is 26.0. The number of carbonyl (C=O) groups excluding carboxylic acids is 1. The average molecular weight is 263 g/mol. The van der Waals surface area contributed by atoms with Gasteiger partial charge in [0.25, 0.3) is 0 Å². The number of rotatable bonds is 5. The van der Waals surface area contributed by atoms with Crippen molar-refractivity contribution in [1.29, 1.82) is 0 Å². The van der Waals surface area contributed by atoms with Gasteiger partial charge in [0.05, 0.1) is 6.20 Å². The van der Waals surface area contributed by atoms with Gasteiger partial charge >= 0.3 is 0 Å². The van der Waals surface area contributed by atoms with Gasteiger partial charge < -0.3 is 9.80 Å². The van der Waals surface area contributed by atoms with Gasteiger partial charge in [-0.15, -0.1) is 4.91 Å². The van der Waals surface area contributed by atoms with E-state index in [0.717, 1.165) is 5.57 Å². The number of hydrogen-bond acceptors (Lipinski definition) is 4. The highest BCUT2D eigenvalue weighted by Gasteiger charge is 2.21. The normalized spacial score (nSPS) is 14.2. The van der Waals surface area contributed by atoms with Gasteiger partial charge in [-0.2, -0.15) is 0 Å². The van der Waals surface area contributed by atoms with Crippen LogP contribution in [-0.2, 0) is 4.79 Å². The lowest BCUT2D eigenvalue weighted by Gasteiger charge is -2.32. The van der Waals surface area contributed by atoms with Crippen molar-refractivity contribution < 1.29 is 4.79 Å². The van der Waals surface area contributed by atoms with E-state index < -0.39 is 0 Å². The standard InChI is InChI=1S/C14H21N3O2/c1-11(2)17(12(3)4)14(18)10-16-7-5-13(6-8-16)9-15-19/h5-9,11-12H,10H2,1-4H3. The Kier molecular flexibility index (Phi) is 5.48. The molecule has 5 heteroatoms. The summed E-state index contributed by atoms with van der Waals surface area (Å²) >= 11 is 0. The average Bonchev–Trinajstić information content (AvgIpc) is 2.31. The van der Waals surface area contributed by atoms with Gasteiger partial charge in [0.1, 0.15) is 6.54 Å². The molecule has 1 aliphatic rings. The summed E-state index contributed by atoms with van der Waals surface area (Å²) < 4.78 is 0. The van der Waals surface area contributed by atoms with E-state index in [2.05, 4.69) is 5.18 Å². The predicted octanol–water partition coefficient (Wildman–Crippen LogP) is 2.63. The van der Waals surface area contributed by atoms with Crippen LogP contribution in [0, 0.1) is 4.91 Å². The van der Waals surface area contributed by atoms with E-state index in [0.29, 0.717) is 6.54 Å². The maximum Gasteiger partial charge on any atom is 0.242 e. The molecule has 1 aliphatic heterocycles. The van der Waals surface area contributed by atoms with Crippen LogP contribution in [0.1, 0.15) is 27.7 Å². The zero-order valence-corrected chi connectivity index (χ0v) is 11.9. The van der Waals surface area contributed by atoms with Gasteiger partial charge in [-0.05, 0) is 50.6 Å². The van der Waals surface area contributed by atoms with E-state index >= 15 is 0 Å². The van der Waals surface area contributed by atoms with Gasteiger partial charge in [0.15, 0.2) is 0 Å². The Labute approximate surface area is 114 Å². The summed E-state index contributed by atoms with van der Waals surface area (Å²) in [7, 11) is 0. The summed E-state index contributed by atoms with van der Waals surface area (Å²) in [5.74, 6) is 0.0836. The van der Waals surface area contributed by atoms with Gasteiger partial charge in [-0.1, -0.05) is 0 Å². The molecule has 0 radical (unpaired) electrons. The van der Waals surface area contributed by atoms with Crippen LogP contribution in [0.3, 0.4) is 0 Å². The second-order valence-electron chi connectivity index (χ2n) is 5.03. The summed E-state index contributed by atoms with van der Waals surface area (Å²) in [6, 6.07) is 0.361. The van der Waals surface area contributed by atoms with Crippen molar-refractivity contribution in [3.8, 4) is 0 Å². The molecule has 0 fully saturated rings. The lowest BCUT2D eigenvalue weighted by atomic mass is 10.2. The van der Waals surface area contributed by atoms with Crippen molar-refractivity contribution in [3.63, 3.8) is 0 Å². The first-order chi connectivity index (χ1) is 8.95. The Hall–Kier alpha value is -1.91. The molecule has 19 heavy (non-hydrogen) atoms. The van der Waals surface area contributed by atoms with Crippen molar-refractivity contribution in [2.45, 2.75) is 39.8 Å². The van der Waals surface area contributed by atoms with Crippen LogP contribution >= 0.6 is 0 Å². The minimum absolute atomic E-state index is 0.0836. The molecule has 5 nitrogen and oxygen atoms in total. The first-order valence-corrected chi connectivity index (χ1v) is 6.41. The van der Waals surface area contributed by atoms with Crippen LogP contribution in [-0.4, -0.2) is 34.3 Å². The lowest BCUT2D eigenvalue weighted by Crippen LogP contribution is -2.45. The molecule has 0 atom stereocenters. The second-order valence-corrected chi connectivity index (χ2v) is 5.03. The van der Waals surface area contributed by atoms with Gasteiger partial charge in [0, 0.05) is 24.5 Å². The lowest BCUT2D eigenvalue weighted by molar-refractivity contribution is -0.134. The Morgan fingerprint density at radius 1 is 1.26 bits per heavy atom. The highest BCUT2D eigenvalue weighted by Crippen LogP contribution is 2.11. The number of allylic oxidation sites excluding steroid dienone is 3. The fourth-order valence-corrected chi connectivity index (χ4v) is 2.13. The largest absolute Gasteiger partial charge is 0.345 e. The van der Waals surface area contributed by atoms with Gasteiger partial charge in [0.2, 0.25) is 5.91 Å². The highest BCUT2D eigenvalue weighted by atomic mass is 16.2. The summed E-state index contributed by atoms with van der Waals surface area (Å²) in [5, 5.41) is 2.71. The van der Waals surface area contributed by atoms with E-state index in [9.17, 15) is 9.70 Å². The van der Waals surface area contributed by atoms with Crippen molar-refractivity contribution in [2.24, 2.45) is 5.18 Å². The minimum atomic E-state index is 0.0836. The molecule has 0 saturated carbocycles. The molecule has 104 valence electrons. The van der Waals surface area contributed by atoms with E-state index in [1.807, 2.05) is 32.6 Å². The van der Waals surface area contributed by atoms with Crippen molar-refractivity contribution in [1.82, 2.24) is 9.80 Å². The summed E-state index contributed by atoms with van der Waals surface area (Å²) in [5.41, 5.74) is 0.725. The Balaban J connectivity index is 2.64. The van der Waals surface area contributed by atoms with Crippen LogP contribution in [0.25, 0.3) is 0 Å². The quantitative estimate of drug-likeness (QED) is 0.716. The topological polar surface area (TPSA) is 53.0 Å². The Bertz CT molecular complexity index is 398. The van der Waals surface area contributed by atoms with Crippen LogP contribution in [0.2, 0.25) is 0 Å². The highest BCUT2D eigenvalue weighted by molar-refractivity contribution is 5.79. The van der Waals surface area contributed by atoms with Crippen LogP contribution in [0.5, 0.6) is 0 Å². The molecular formula is C14H21N3O2. The fraction of sp³-hybridized carbons (Fsp3) is 0.500. The van der Waals surface area contributed by atoms with Crippen molar-refractivity contribution >= 4 is 5.91 Å². The summed E-state index contributed by atoms with van der Waals surface area (Å²) in [6.07, 6.45) is 8.29. The molecular weight excluding hydrogens is 242 g/mol. The smallest absolute Gasteiger partial charge is 0.242 e. The van der Waals surface area contributed by atoms with E-state index in [1.54, 1.807) is 29.5 Å². The number of hydrogen-bond donors (Lipinski definition) is 0. The second kappa shape index (κ2) is 6.87. The summed E-state index contributed by atoms with van der Waals surface area (Å²) in [6.45, 7) is 8.34. The first-order valence-electron chi connectivity index (χ1n) is 6.41. The Morgan fingerprint density at radius 3 is 2.21 bits per heavy atom. The molecule has 1 heterocycles. The van der Waals surface area contributed by atoms with Crippen molar-refractivity contribution in [3.05, 3.63) is 41.2 Å². The van der Waals surface area contributed by atoms with Crippen LogP contribution in [0.4, 0.5) is 0 Å². The zero-order chi connectivity index (χ0) is 14.4. The predicted molar refractivity (Wildman–Crippen MR) is 76.0 cm³/mol. The van der Waals surface area contributed by atoms with Crippen LogP contribution in [0.15, 0.2) is 41.5 Å². The molecule has 1 rings (SSSR count). The van der Waals surface area contributed by atoms with Gasteiger partial charge in [-0.25, -0.2) is 0 Å². The zero-order valence-electron chi connectivity index (χ0n) is 11.9. The molecule has 0 aliphatic carbocycles. The third-order valence-corrected chi connectivity index (χ3v) is 2.84. The van der Waals surface area contributed by atoms with Crippen molar-refractivity contribution in [2.75, 3.05) is 6.54 Å². The monoisotopic (exact) mass is 263 g/mol. The van der Waals surface area contributed by atoms with E-state index in [4.69, 9.17) is 0 Å². The molecule has 1 amide bonds. The molecule has 0 unspecified atom stereocenters. The molecule has 0 bridgehead atoms. The van der Waals surface area contributed by atoms with Crippen LogP contribution < -0.4 is 0 Å². The maximum atomic E-state index is 12.2. The third-order valence-electron chi connectivity index (χ3n) is 2.84. The molecule has 0 aromatic carbocycles. The molecule has 0 aromatic rings. The first kappa shape index (κ1) is 15.1. The fourth-order valence-electron chi connectivity index (χ4n) is 2.13. The van der Waals surface area contributed by atoms with Gasteiger partial charge in [-0.3, -0.25) is 4.79 Å². The number of nitroso groups, excluding NO2 is 1. The number of nitrogens with zero attached hydrogens (tertiary/aromatic N) is 3. The Morgan fingerprint density at radius 2 is 1.79 bits per heavy atom. The van der Waals surface area contributed by atoms with E-state index in [-0.39, 0.29) is 18.0 Å². The number of carbonyl (C=O) groups is 1. The molecule has 0 N–H and O–H groups in total. The molecule has 0 spiro atoms. The maximum absolute atomic E-state index is 12.2. The number of amides is 1.